The van der Waals surface area contributed by atoms with Gasteiger partial charge in [-0.3, -0.25) is 0 Å². The van der Waals surface area contributed by atoms with E-state index < -0.39 is 16.1 Å². The van der Waals surface area contributed by atoms with Crippen molar-refractivity contribution in [2.24, 2.45) is 0 Å². The van der Waals surface area contributed by atoms with E-state index in [9.17, 15) is 13.7 Å². The Bertz CT molecular complexity index is 899. The summed E-state index contributed by atoms with van der Waals surface area (Å²) in [6, 6.07) is 14.4. The van der Waals surface area contributed by atoms with Crippen LogP contribution in [0.3, 0.4) is 0 Å². The van der Waals surface area contributed by atoms with Crippen LogP contribution in [0.5, 0.6) is 0 Å². The Hall–Kier alpha value is -2.29. The molecule has 32 heavy (non-hydrogen) atoms. The Morgan fingerprint density at radius 2 is 1.81 bits per heavy atom. The molecule has 1 amide bonds. The lowest BCUT2D eigenvalue weighted by molar-refractivity contribution is 0.0941. The summed E-state index contributed by atoms with van der Waals surface area (Å²) in [6.45, 7) is 9.78. The zero-order valence-corrected chi connectivity index (χ0v) is 20.0. The number of hydrogen-bond acceptors (Lipinski definition) is 5. The molecule has 174 valence electrons. The van der Waals surface area contributed by atoms with E-state index in [0.717, 1.165) is 11.1 Å². The first-order chi connectivity index (χ1) is 15.1. The van der Waals surface area contributed by atoms with Crippen molar-refractivity contribution in [3.63, 3.8) is 0 Å². The molecule has 2 aromatic rings. The molecule has 1 fully saturated rings. The topological polar surface area (TPSA) is 67.9 Å². The van der Waals surface area contributed by atoms with E-state index in [4.69, 9.17) is 4.74 Å². The van der Waals surface area contributed by atoms with Crippen LogP contribution >= 0.6 is 0 Å². The van der Waals surface area contributed by atoms with E-state index in [1.165, 1.54) is 6.07 Å². The van der Waals surface area contributed by atoms with Crippen LogP contribution in [0, 0.1) is 5.82 Å². The highest BCUT2D eigenvalue weighted by Gasteiger charge is 2.29. The fourth-order valence-corrected chi connectivity index (χ4v) is 4.21. The molecule has 1 N–H and O–H groups in total. The van der Waals surface area contributed by atoms with Crippen molar-refractivity contribution in [2.45, 2.75) is 45.1 Å². The third-order valence-electron chi connectivity index (χ3n) is 5.40. The highest BCUT2D eigenvalue weighted by molar-refractivity contribution is 7.90. The van der Waals surface area contributed by atoms with Gasteiger partial charge >= 0.3 is 6.09 Å². The summed E-state index contributed by atoms with van der Waals surface area (Å²) in [5.41, 5.74) is 2.19. The molecule has 0 spiro atoms. The molecule has 3 rings (SSSR count). The van der Waals surface area contributed by atoms with Crippen LogP contribution in [-0.4, -0.2) is 46.5 Å². The summed E-state index contributed by atoms with van der Waals surface area (Å²) in [4.78, 5) is 15.9. The predicted molar refractivity (Wildman–Crippen MR) is 126 cm³/mol. The minimum atomic E-state index is -1.24. The molecule has 2 aromatic carbocycles. The zero-order valence-electron chi connectivity index (χ0n) is 19.1. The van der Waals surface area contributed by atoms with Gasteiger partial charge in [-0.05, 0) is 51.0 Å². The number of nitrogens with one attached hydrogen (secondary N) is 1. The zero-order chi connectivity index (χ0) is 23.3. The van der Waals surface area contributed by atoms with Gasteiger partial charge in [-0.25, -0.2) is 9.18 Å². The molecule has 0 aromatic heterocycles. The van der Waals surface area contributed by atoms with Crippen LogP contribution in [0.2, 0.25) is 0 Å². The molecule has 0 bridgehead atoms. The SMILES string of the molecule is C[C@H](N[S@@+]([O-])C(C)(C)C)c1ccc(N2CCN(C(=O)OCc3ccccc3)CC2)c(F)c1. The molecule has 0 aliphatic carbocycles. The number of benzene rings is 2. The molecular weight excluding hydrogens is 429 g/mol. The maximum Gasteiger partial charge on any atom is 0.410 e. The van der Waals surface area contributed by atoms with Gasteiger partial charge in [-0.1, -0.05) is 36.4 Å². The van der Waals surface area contributed by atoms with Crippen LogP contribution in [0.15, 0.2) is 48.5 Å². The van der Waals surface area contributed by atoms with Gasteiger partial charge < -0.3 is 19.1 Å². The second-order valence-electron chi connectivity index (χ2n) is 8.95. The van der Waals surface area contributed by atoms with Gasteiger partial charge in [0.1, 0.15) is 17.2 Å². The fraction of sp³-hybridized carbons (Fsp3) is 0.458. The summed E-state index contributed by atoms with van der Waals surface area (Å²) in [7, 11) is 0. The molecule has 1 heterocycles. The number of hydrogen-bond donors (Lipinski definition) is 1. The lowest BCUT2D eigenvalue weighted by Gasteiger charge is -2.35. The number of amides is 1. The van der Waals surface area contributed by atoms with E-state index >= 15 is 0 Å². The van der Waals surface area contributed by atoms with E-state index in [2.05, 4.69) is 4.72 Å². The average molecular weight is 462 g/mol. The number of carbonyl (C=O) groups is 1. The largest absolute Gasteiger partial charge is 0.598 e. The van der Waals surface area contributed by atoms with Gasteiger partial charge in [-0.15, -0.1) is 4.72 Å². The van der Waals surface area contributed by atoms with Crippen LogP contribution in [-0.2, 0) is 22.7 Å². The number of nitrogens with zero attached hydrogens (tertiary/aromatic N) is 2. The molecule has 8 heteroatoms. The number of rotatable bonds is 6. The van der Waals surface area contributed by atoms with Crippen LogP contribution in [0.1, 0.15) is 44.9 Å². The second-order valence-corrected chi connectivity index (χ2v) is 10.9. The van der Waals surface area contributed by atoms with Crippen LogP contribution in [0.4, 0.5) is 14.9 Å². The predicted octanol–water partition coefficient (Wildman–Crippen LogP) is 4.40. The molecular formula is C24H32FN3O3S. The van der Waals surface area contributed by atoms with E-state index in [1.54, 1.807) is 11.0 Å². The van der Waals surface area contributed by atoms with Crippen molar-refractivity contribution < 1.29 is 18.5 Å². The minimum Gasteiger partial charge on any atom is -0.598 e. The Kier molecular flexibility index (Phi) is 8.03. The van der Waals surface area contributed by atoms with Crippen molar-refractivity contribution in [3.8, 4) is 0 Å². The number of carbonyl (C=O) groups excluding carboxylic acids is 1. The van der Waals surface area contributed by atoms with Gasteiger partial charge in [0.15, 0.2) is 0 Å². The van der Waals surface area contributed by atoms with Crippen molar-refractivity contribution >= 4 is 23.1 Å². The lowest BCUT2D eigenvalue weighted by atomic mass is 10.1. The Morgan fingerprint density at radius 1 is 1.16 bits per heavy atom. The molecule has 1 aliphatic rings. The monoisotopic (exact) mass is 461 g/mol. The first-order valence-electron chi connectivity index (χ1n) is 10.8. The quantitative estimate of drug-likeness (QED) is 0.646. The normalized spacial score (nSPS) is 16.6. The van der Waals surface area contributed by atoms with Crippen LogP contribution in [0.25, 0.3) is 0 Å². The van der Waals surface area contributed by atoms with Crippen molar-refractivity contribution in [2.75, 3.05) is 31.1 Å². The van der Waals surface area contributed by atoms with Crippen molar-refractivity contribution in [3.05, 3.63) is 65.5 Å². The lowest BCUT2D eigenvalue weighted by Crippen LogP contribution is -2.49. The van der Waals surface area contributed by atoms with Gasteiger partial charge in [0.05, 0.1) is 11.7 Å². The minimum absolute atomic E-state index is 0.238. The Morgan fingerprint density at radius 3 is 2.41 bits per heavy atom. The highest BCUT2D eigenvalue weighted by atomic mass is 32.2. The molecule has 1 aliphatic heterocycles. The Labute approximate surface area is 193 Å². The third-order valence-corrected chi connectivity index (χ3v) is 7.08. The summed E-state index contributed by atoms with van der Waals surface area (Å²) in [5, 5.41) is 0. The maximum absolute atomic E-state index is 14.9. The third kappa shape index (κ3) is 6.37. The summed E-state index contributed by atoms with van der Waals surface area (Å²) in [6.07, 6.45) is -0.351. The molecule has 0 saturated carbocycles. The van der Waals surface area contributed by atoms with Gasteiger partial charge in [0.2, 0.25) is 0 Å². The molecule has 2 atom stereocenters. The summed E-state index contributed by atoms with van der Waals surface area (Å²) < 4.78 is 35.2. The van der Waals surface area contributed by atoms with Crippen LogP contribution < -0.4 is 9.62 Å². The molecule has 0 radical (unpaired) electrons. The first-order valence-corrected chi connectivity index (χ1v) is 12.0. The number of halogens is 1. The van der Waals surface area contributed by atoms with Gasteiger partial charge in [0, 0.05) is 37.5 Å². The van der Waals surface area contributed by atoms with E-state index in [0.29, 0.717) is 31.9 Å². The standard InChI is InChI=1S/C24H32FN3O3S/c1-18(26-32(30)24(2,3)4)20-10-11-22(21(25)16-20)27-12-14-28(15-13-27)23(29)31-17-19-8-6-5-7-9-19/h5-11,16,18,26H,12-15,17H2,1-4H3/t18-,32-/m0/s1. The van der Waals surface area contributed by atoms with Crippen molar-refractivity contribution in [1.82, 2.24) is 9.62 Å². The smallest absolute Gasteiger partial charge is 0.410 e. The van der Waals surface area contributed by atoms with E-state index in [1.807, 2.05) is 69.0 Å². The second kappa shape index (κ2) is 10.6. The number of ether oxygens (including phenoxy) is 1. The van der Waals surface area contributed by atoms with Gasteiger partial charge in [0.25, 0.3) is 0 Å². The molecule has 6 nitrogen and oxygen atoms in total. The van der Waals surface area contributed by atoms with Gasteiger partial charge in [-0.2, -0.15) is 0 Å². The van der Waals surface area contributed by atoms with Crippen molar-refractivity contribution in [1.29, 1.82) is 0 Å². The van der Waals surface area contributed by atoms with E-state index in [-0.39, 0.29) is 24.6 Å². The highest BCUT2D eigenvalue weighted by Crippen LogP contribution is 2.26. The summed E-state index contributed by atoms with van der Waals surface area (Å²) >= 11 is -1.24. The molecule has 1 saturated heterocycles. The molecule has 0 unspecified atom stereocenters. The fourth-order valence-electron chi connectivity index (χ4n) is 3.39. The Balaban J connectivity index is 1.53. The number of anilines is 1. The summed E-state index contributed by atoms with van der Waals surface area (Å²) in [5.74, 6) is -0.321. The first kappa shape index (κ1) is 24.4. The average Bonchev–Trinajstić information content (AvgIpc) is 2.77. The number of piperazine rings is 1. The maximum atomic E-state index is 14.9.